The van der Waals surface area contributed by atoms with Crippen LogP contribution in [0.1, 0.15) is 16.6 Å². The zero-order valence-electron chi connectivity index (χ0n) is 10.5. The van der Waals surface area contributed by atoms with Gasteiger partial charge < -0.3 is 9.84 Å². The van der Waals surface area contributed by atoms with Gasteiger partial charge in [-0.15, -0.1) is 0 Å². The molecule has 2 rings (SSSR count). The molecule has 106 valence electrons. The lowest BCUT2D eigenvalue weighted by Crippen LogP contribution is -2.11. The van der Waals surface area contributed by atoms with Gasteiger partial charge in [0.25, 0.3) is 10.1 Å². The smallest absolute Gasteiger partial charge is 0.296 e. The molecule has 0 saturated heterocycles. The molecule has 0 heterocycles. The molecule has 2 N–H and O–H groups in total. The lowest BCUT2D eigenvalue weighted by Gasteiger charge is -2.09. The van der Waals surface area contributed by atoms with E-state index in [0.717, 1.165) is 5.56 Å². The highest BCUT2D eigenvalue weighted by molar-refractivity contribution is 7.85. The maximum absolute atomic E-state index is 10.8. The van der Waals surface area contributed by atoms with Crippen LogP contribution >= 0.6 is 0 Å². The summed E-state index contributed by atoms with van der Waals surface area (Å²) in [5, 5.41) is 9.38. The first-order valence-corrected chi connectivity index (χ1v) is 7.38. The lowest BCUT2D eigenvalue weighted by molar-refractivity contribution is 0.238. The van der Waals surface area contributed by atoms with E-state index in [1.807, 2.05) is 30.3 Å². The van der Waals surface area contributed by atoms with Gasteiger partial charge in [-0.05, 0) is 23.3 Å². The summed E-state index contributed by atoms with van der Waals surface area (Å²) < 4.78 is 35.9. The van der Waals surface area contributed by atoms with E-state index in [0.29, 0.717) is 12.4 Å². The van der Waals surface area contributed by atoms with Crippen LogP contribution in [0.25, 0.3) is 0 Å². The first-order chi connectivity index (χ1) is 9.47. The Kier molecular flexibility index (Phi) is 4.39. The fourth-order valence-corrected chi connectivity index (χ4v) is 2.14. The molecule has 5 nitrogen and oxygen atoms in total. The van der Waals surface area contributed by atoms with Crippen molar-refractivity contribution in [3.63, 3.8) is 0 Å². The Bertz CT molecular complexity index is 650. The third-order valence-electron chi connectivity index (χ3n) is 2.70. The Labute approximate surface area is 117 Å². The molecule has 0 saturated carbocycles. The van der Waals surface area contributed by atoms with Crippen LogP contribution in [0.2, 0.25) is 0 Å². The molecule has 0 amide bonds. The monoisotopic (exact) mass is 294 g/mol. The van der Waals surface area contributed by atoms with Gasteiger partial charge in [-0.1, -0.05) is 42.5 Å². The molecule has 0 bridgehead atoms. The van der Waals surface area contributed by atoms with Crippen LogP contribution in [0.3, 0.4) is 0 Å². The highest BCUT2D eigenvalue weighted by Crippen LogP contribution is 2.21. The Balaban J connectivity index is 2.02. The molecule has 0 fully saturated rings. The average molecular weight is 294 g/mol. The molecule has 0 aliphatic carbocycles. The maximum Gasteiger partial charge on any atom is 0.296 e. The molecule has 6 heteroatoms. The van der Waals surface area contributed by atoms with E-state index in [4.69, 9.17) is 9.29 Å². The van der Waals surface area contributed by atoms with Crippen LogP contribution in [0, 0.1) is 0 Å². The van der Waals surface area contributed by atoms with Gasteiger partial charge in [-0.2, -0.15) is 8.42 Å². The second kappa shape index (κ2) is 6.04. The number of hydrogen-bond donors (Lipinski definition) is 2. The number of ether oxygens (including phenoxy) is 1. The first kappa shape index (κ1) is 14.5. The summed E-state index contributed by atoms with van der Waals surface area (Å²) in [5.41, 5.74) is -0.847. The normalized spacial score (nSPS) is 12.9. The van der Waals surface area contributed by atoms with E-state index < -0.39 is 15.6 Å². The van der Waals surface area contributed by atoms with Gasteiger partial charge >= 0.3 is 0 Å². The number of hydrogen-bond acceptors (Lipinski definition) is 4. The molecular formula is C14H14O5S. The predicted molar refractivity (Wildman–Crippen MR) is 73.7 cm³/mol. The van der Waals surface area contributed by atoms with Gasteiger partial charge in [0.2, 0.25) is 5.44 Å². The minimum absolute atomic E-state index is 0.0829. The summed E-state index contributed by atoms with van der Waals surface area (Å²) in [5.74, 6) is 0.542. The summed E-state index contributed by atoms with van der Waals surface area (Å²) in [6.07, 6.45) is 0. The largest absolute Gasteiger partial charge is 0.489 e. The van der Waals surface area contributed by atoms with Crippen molar-refractivity contribution in [1.82, 2.24) is 0 Å². The summed E-state index contributed by atoms with van der Waals surface area (Å²) >= 11 is 0. The van der Waals surface area contributed by atoms with Crippen molar-refractivity contribution in [3.8, 4) is 5.75 Å². The number of rotatable bonds is 5. The van der Waals surface area contributed by atoms with E-state index >= 15 is 0 Å². The van der Waals surface area contributed by atoms with Crippen LogP contribution < -0.4 is 4.74 Å². The van der Waals surface area contributed by atoms with E-state index in [1.165, 1.54) is 24.3 Å². The predicted octanol–water partition coefficient (Wildman–Crippen LogP) is 2.14. The molecule has 2 aromatic rings. The maximum atomic E-state index is 10.8. The minimum Gasteiger partial charge on any atom is -0.489 e. The van der Waals surface area contributed by atoms with Gasteiger partial charge in [0.1, 0.15) is 12.4 Å². The molecule has 0 aliphatic rings. The quantitative estimate of drug-likeness (QED) is 0.825. The average Bonchev–Trinajstić information content (AvgIpc) is 2.45. The molecule has 0 aliphatic heterocycles. The van der Waals surface area contributed by atoms with Crippen LogP contribution in [0.5, 0.6) is 5.75 Å². The fourth-order valence-electron chi connectivity index (χ4n) is 1.64. The highest BCUT2D eigenvalue weighted by Gasteiger charge is 2.21. The van der Waals surface area contributed by atoms with Crippen molar-refractivity contribution >= 4 is 10.1 Å². The van der Waals surface area contributed by atoms with Crippen molar-refractivity contribution in [1.29, 1.82) is 0 Å². The van der Waals surface area contributed by atoms with Crippen molar-refractivity contribution in [2.24, 2.45) is 0 Å². The van der Waals surface area contributed by atoms with Crippen LogP contribution in [-0.4, -0.2) is 18.1 Å². The zero-order valence-corrected chi connectivity index (χ0v) is 11.3. The Hall–Kier alpha value is -1.89. The third-order valence-corrected chi connectivity index (χ3v) is 3.53. The summed E-state index contributed by atoms with van der Waals surface area (Å²) in [6, 6.07) is 15.4. The second-order valence-electron chi connectivity index (χ2n) is 4.21. The summed E-state index contributed by atoms with van der Waals surface area (Å²) in [6.45, 7) is 0.390. The minimum atomic E-state index is -4.51. The number of aliphatic hydroxyl groups is 1. The molecule has 0 spiro atoms. The number of aliphatic hydroxyl groups excluding tert-OH is 1. The van der Waals surface area contributed by atoms with Crippen molar-refractivity contribution in [2.45, 2.75) is 12.0 Å². The standard InChI is InChI=1S/C14H14O5S/c15-14(20(16,17)18)12-6-8-13(9-7-12)19-10-11-4-2-1-3-5-11/h1-9,14-15H,10H2,(H,16,17,18). The van der Waals surface area contributed by atoms with E-state index in [9.17, 15) is 13.5 Å². The fraction of sp³-hybridized carbons (Fsp3) is 0.143. The van der Waals surface area contributed by atoms with Crippen LogP contribution in [0.4, 0.5) is 0 Å². The van der Waals surface area contributed by atoms with Crippen molar-refractivity contribution < 1.29 is 22.8 Å². The summed E-state index contributed by atoms with van der Waals surface area (Å²) in [7, 11) is -4.51. The molecule has 2 aromatic carbocycles. The van der Waals surface area contributed by atoms with E-state index in [-0.39, 0.29) is 5.56 Å². The zero-order chi connectivity index (χ0) is 14.6. The Morgan fingerprint density at radius 2 is 1.60 bits per heavy atom. The lowest BCUT2D eigenvalue weighted by atomic mass is 10.2. The molecule has 1 unspecified atom stereocenters. The van der Waals surface area contributed by atoms with Gasteiger partial charge in [0.15, 0.2) is 0 Å². The molecule has 0 aromatic heterocycles. The highest BCUT2D eigenvalue weighted by atomic mass is 32.2. The third kappa shape index (κ3) is 3.80. The molecule has 0 radical (unpaired) electrons. The number of benzene rings is 2. The van der Waals surface area contributed by atoms with Crippen LogP contribution in [0.15, 0.2) is 54.6 Å². The Morgan fingerprint density at radius 1 is 1.00 bits per heavy atom. The van der Waals surface area contributed by atoms with Gasteiger partial charge in [0.05, 0.1) is 0 Å². The molecule has 1 atom stereocenters. The van der Waals surface area contributed by atoms with Gasteiger partial charge in [0, 0.05) is 0 Å². The van der Waals surface area contributed by atoms with Gasteiger partial charge in [-0.25, -0.2) is 0 Å². The first-order valence-electron chi connectivity index (χ1n) is 5.88. The summed E-state index contributed by atoms with van der Waals surface area (Å²) in [4.78, 5) is 0. The van der Waals surface area contributed by atoms with Crippen molar-refractivity contribution in [2.75, 3.05) is 0 Å². The topological polar surface area (TPSA) is 83.8 Å². The molecule has 20 heavy (non-hydrogen) atoms. The second-order valence-corrected chi connectivity index (χ2v) is 5.69. The SMILES string of the molecule is O=S(=O)(O)C(O)c1ccc(OCc2ccccc2)cc1. The Morgan fingerprint density at radius 3 is 2.15 bits per heavy atom. The van der Waals surface area contributed by atoms with Crippen LogP contribution in [-0.2, 0) is 16.7 Å². The molecular weight excluding hydrogens is 280 g/mol. The van der Waals surface area contributed by atoms with E-state index in [2.05, 4.69) is 0 Å². The van der Waals surface area contributed by atoms with Gasteiger partial charge in [-0.3, -0.25) is 4.55 Å². The van der Waals surface area contributed by atoms with E-state index in [1.54, 1.807) is 0 Å². The van der Waals surface area contributed by atoms with Crippen molar-refractivity contribution in [3.05, 3.63) is 65.7 Å².